The van der Waals surface area contributed by atoms with Crippen LogP contribution in [-0.2, 0) is 6.54 Å². The van der Waals surface area contributed by atoms with E-state index in [0.29, 0.717) is 5.92 Å². The first-order valence-electron chi connectivity index (χ1n) is 8.10. The topological polar surface area (TPSA) is 25.2 Å². The lowest BCUT2D eigenvalue weighted by atomic mass is 10.1. The quantitative estimate of drug-likeness (QED) is 0.610. The Morgan fingerprint density at radius 3 is 2.63 bits per heavy atom. The van der Waals surface area contributed by atoms with Crippen LogP contribution in [0.2, 0.25) is 0 Å². The van der Waals surface area contributed by atoms with Gasteiger partial charge >= 0.3 is 0 Å². The molecule has 2 unspecified atom stereocenters. The Morgan fingerprint density at radius 1 is 1.16 bits per heavy atom. The zero-order chi connectivity index (χ0) is 13.5. The van der Waals surface area contributed by atoms with Crippen LogP contribution in [0.25, 0.3) is 0 Å². The largest absolute Gasteiger partial charge is 0.464 e. The van der Waals surface area contributed by atoms with Gasteiger partial charge in [-0.05, 0) is 37.4 Å². The SMILES string of the molecule is CCCCCCCCNCc1ccc(C2CC2C)o1. The van der Waals surface area contributed by atoms with Crippen LogP contribution in [0.1, 0.15) is 76.2 Å². The number of hydrogen-bond acceptors (Lipinski definition) is 2. The van der Waals surface area contributed by atoms with Crippen molar-refractivity contribution in [3.05, 3.63) is 23.7 Å². The maximum absolute atomic E-state index is 5.88. The predicted octanol–water partition coefficient (Wildman–Crippen LogP) is 4.85. The van der Waals surface area contributed by atoms with Gasteiger partial charge in [0.2, 0.25) is 0 Å². The molecule has 0 saturated heterocycles. The third kappa shape index (κ3) is 5.02. The maximum atomic E-state index is 5.88. The minimum absolute atomic E-state index is 0.701. The number of rotatable bonds is 10. The molecule has 19 heavy (non-hydrogen) atoms. The second-order valence-corrected chi connectivity index (χ2v) is 6.07. The summed E-state index contributed by atoms with van der Waals surface area (Å²) < 4.78 is 5.88. The van der Waals surface area contributed by atoms with E-state index in [4.69, 9.17) is 4.42 Å². The smallest absolute Gasteiger partial charge is 0.117 e. The van der Waals surface area contributed by atoms with Gasteiger partial charge in [-0.15, -0.1) is 0 Å². The van der Waals surface area contributed by atoms with Crippen molar-refractivity contribution in [2.24, 2.45) is 5.92 Å². The van der Waals surface area contributed by atoms with Crippen LogP contribution in [0.15, 0.2) is 16.5 Å². The Bertz CT molecular complexity index is 358. The Hall–Kier alpha value is -0.760. The normalized spacial score (nSPS) is 21.8. The van der Waals surface area contributed by atoms with E-state index in [1.165, 1.54) is 50.7 Å². The van der Waals surface area contributed by atoms with E-state index in [2.05, 4.69) is 31.3 Å². The van der Waals surface area contributed by atoms with Gasteiger partial charge in [-0.2, -0.15) is 0 Å². The Labute approximate surface area is 118 Å². The summed E-state index contributed by atoms with van der Waals surface area (Å²) >= 11 is 0. The van der Waals surface area contributed by atoms with Crippen LogP contribution in [-0.4, -0.2) is 6.54 Å². The molecular formula is C17H29NO. The predicted molar refractivity (Wildman–Crippen MR) is 80.3 cm³/mol. The van der Waals surface area contributed by atoms with Gasteiger partial charge in [-0.25, -0.2) is 0 Å². The molecule has 0 aromatic carbocycles. The molecule has 1 aromatic rings. The average molecular weight is 263 g/mol. The lowest BCUT2D eigenvalue weighted by Crippen LogP contribution is -2.14. The van der Waals surface area contributed by atoms with Crippen molar-refractivity contribution in [3.8, 4) is 0 Å². The summed E-state index contributed by atoms with van der Waals surface area (Å²) in [4.78, 5) is 0. The molecule has 1 aliphatic carbocycles. The molecule has 108 valence electrons. The summed E-state index contributed by atoms with van der Waals surface area (Å²) in [5.41, 5.74) is 0. The maximum Gasteiger partial charge on any atom is 0.117 e. The fourth-order valence-corrected chi connectivity index (χ4v) is 2.65. The standard InChI is InChI=1S/C17H29NO/c1-3-4-5-6-7-8-11-18-13-15-9-10-17(19-15)16-12-14(16)2/h9-10,14,16,18H,3-8,11-13H2,1-2H3. The Kier molecular flexibility index (Phi) is 5.96. The molecule has 0 bridgehead atoms. The molecule has 1 N–H and O–H groups in total. The molecule has 1 heterocycles. The molecule has 1 saturated carbocycles. The first-order valence-corrected chi connectivity index (χ1v) is 8.10. The second-order valence-electron chi connectivity index (χ2n) is 6.07. The van der Waals surface area contributed by atoms with E-state index in [0.717, 1.165) is 24.8 Å². The van der Waals surface area contributed by atoms with Crippen LogP contribution in [0.3, 0.4) is 0 Å². The highest BCUT2D eigenvalue weighted by Gasteiger charge is 2.36. The summed E-state index contributed by atoms with van der Waals surface area (Å²) in [7, 11) is 0. The monoisotopic (exact) mass is 263 g/mol. The van der Waals surface area contributed by atoms with Crippen LogP contribution in [0.5, 0.6) is 0 Å². The average Bonchev–Trinajstić information content (AvgIpc) is 2.96. The van der Waals surface area contributed by atoms with Crippen molar-refractivity contribution >= 4 is 0 Å². The van der Waals surface area contributed by atoms with Gasteiger partial charge in [0, 0.05) is 5.92 Å². The third-order valence-corrected chi connectivity index (χ3v) is 4.16. The molecule has 2 atom stereocenters. The van der Waals surface area contributed by atoms with Crippen molar-refractivity contribution in [2.75, 3.05) is 6.54 Å². The minimum atomic E-state index is 0.701. The van der Waals surface area contributed by atoms with Crippen LogP contribution < -0.4 is 5.32 Å². The van der Waals surface area contributed by atoms with Gasteiger partial charge in [0.25, 0.3) is 0 Å². The molecule has 0 spiro atoms. The fraction of sp³-hybridized carbons (Fsp3) is 0.765. The number of furan rings is 1. The van der Waals surface area contributed by atoms with E-state index in [1.54, 1.807) is 0 Å². The van der Waals surface area contributed by atoms with E-state index >= 15 is 0 Å². The van der Waals surface area contributed by atoms with Crippen LogP contribution in [0.4, 0.5) is 0 Å². The first-order chi connectivity index (χ1) is 9.31. The molecule has 1 fully saturated rings. The van der Waals surface area contributed by atoms with Crippen LogP contribution in [0, 0.1) is 5.92 Å². The number of hydrogen-bond donors (Lipinski definition) is 1. The van der Waals surface area contributed by atoms with Gasteiger partial charge in [-0.3, -0.25) is 0 Å². The van der Waals surface area contributed by atoms with Crippen molar-refractivity contribution in [3.63, 3.8) is 0 Å². The Morgan fingerprint density at radius 2 is 1.89 bits per heavy atom. The van der Waals surface area contributed by atoms with Crippen molar-refractivity contribution in [2.45, 2.75) is 71.3 Å². The van der Waals surface area contributed by atoms with Crippen molar-refractivity contribution in [1.29, 1.82) is 0 Å². The van der Waals surface area contributed by atoms with E-state index in [9.17, 15) is 0 Å². The Balaban J connectivity index is 1.50. The summed E-state index contributed by atoms with van der Waals surface area (Å²) in [6.45, 7) is 6.56. The lowest BCUT2D eigenvalue weighted by molar-refractivity contribution is 0.441. The van der Waals surface area contributed by atoms with Gasteiger partial charge in [0.1, 0.15) is 11.5 Å². The van der Waals surface area contributed by atoms with Gasteiger partial charge in [0.15, 0.2) is 0 Å². The van der Waals surface area contributed by atoms with E-state index in [-0.39, 0.29) is 0 Å². The second kappa shape index (κ2) is 7.74. The first kappa shape index (κ1) is 14.6. The summed E-state index contributed by atoms with van der Waals surface area (Å²) in [6.07, 6.45) is 9.46. The molecule has 0 radical (unpaired) electrons. The molecule has 2 nitrogen and oxygen atoms in total. The summed E-state index contributed by atoms with van der Waals surface area (Å²) in [5, 5.41) is 3.48. The number of unbranched alkanes of at least 4 members (excludes halogenated alkanes) is 5. The fourth-order valence-electron chi connectivity index (χ4n) is 2.65. The summed E-state index contributed by atoms with van der Waals surface area (Å²) in [6, 6.07) is 4.30. The van der Waals surface area contributed by atoms with Gasteiger partial charge in [-0.1, -0.05) is 46.0 Å². The highest BCUT2D eigenvalue weighted by Crippen LogP contribution is 2.47. The zero-order valence-electron chi connectivity index (χ0n) is 12.6. The molecule has 2 heteroatoms. The van der Waals surface area contributed by atoms with Crippen molar-refractivity contribution in [1.82, 2.24) is 5.32 Å². The molecular weight excluding hydrogens is 234 g/mol. The molecule has 1 aromatic heterocycles. The highest BCUT2D eigenvalue weighted by atomic mass is 16.3. The third-order valence-electron chi connectivity index (χ3n) is 4.16. The molecule has 0 amide bonds. The number of nitrogens with one attached hydrogen (secondary N) is 1. The minimum Gasteiger partial charge on any atom is -0.464 e. The van der Waals surface area contributed by atoms with Crippen LogP contribution >= 0.6 is 0 Å². The summed E-state index contributed by atoms with van der Waals surface area (Å²) in [5.74, 6) is 3.83. The lowest BCUT2D eigenvalue weighted by Gasteiger charge is -2.03. The zero-order valence-corrected chi connectivity index (χ0v) is 12.6. The highest BCUT2D eigenvalue weighted by molar-refractivity contribution is 5.17. The van der Waals surface area contributed by atoms with Crippen molar-refractivity contribution < 1.29 is 4.42 Å². The van der Waals surface area contributed by atoms with Gasteiger partial charge in [0.05, 0.1) is 6.54 Å². The molecule has 0 aliphatic heterocycles. The van der Waals surface area contributed by atoms with E-state index in [1.807, 2.05) is 0 Å². The molecule has 2 rings (SSSR count). The molecule has 1 aliphatic rings. The van der Waals surface area contributed by atoms with E-state index < -0.39 is 0 Å². The van der Waals surface area contributed by atoms with Gasteiger partial charge < -0.3 is 9.73 Å².